The number of nitrogen functional groups attached to an aromatic ring is 1. The van der Waals surface area contributed by atoms with Crippen molar-refractivity contribution in [2.24, 2.45) is 5.73 Å². The molecule has 11 heteroatoms. The molecular weight excluding hydrogens is 514 g/mol. The van der Waals surface area contributed by atoms with Crippen molar-refractivity contribution in [2.45, 2.75) is 39.3 Å². The summed E-state index contributed by atoms with van der Waals surface area (Å²) in [6.45, 7) is 8.94. The number of aryl methyl sites for hydroxylation is 1. The average Bonchev–Trinajstić information content (AvgIpc) is 3.33. The van der Waals surface area contributed by atoms with Crippen molar-refractivity contribution in [3.63, 3.8) is 0 Å². The molecule has 0 bridgehead atoms. The fourth-order valence-corrected chi connectivity index (χ4v) is 4.35. The van der Waals surface area contributed by atoms with E-state index < -0.39 is 0 Å². The van der Waals surface area contributed by atoms with Gasteiger partial charge in [0.15, 0.2) is 0 Å². The van der Waals surface area contributed by atoms with Crippen molar-refractivity contribution in [1.82, 2.24) is 14.9 Å². The number of rotatable bonds is 22. The van der Waals surface area contributed by atoms with Crippen molar-refractivity contribution in [2.75, 3.05) is 78.3 Å². The zero-order valence-electron chi connectivity index (χ0n) is 23.7. The largest absolute Gasteiger partial charge is 0.383 e. The van der Waals surface area contributed by atoms with Gasteiger partial charge in [0.05, 0.1) is 70.5 Å². The van der Waals surface area contributed by atoms with E-state index in [2.05, 4.69) is 27.0 Å². The second-order valence-corrected chi connectivity index (χ2v) is 9.25. The number of unbranched alkanes of at least 4 members (excludes halogenated alkanes) is 1. The Bertz CT molecular complexity index is 1150. The van der Waals surface area contributed by atoms with Crippen molar-refractivity contribution in [3.05, 3.63) is 36.0 Å². The Labute approximate surface area is 236 Å². The minimum atomic E-state index is -0.0144. The van der Waals surface area contributed by atoms with Gasteiger partial charge >= 0.3 is 0 Å². The highest BCUT2D eigenvalue weighted by Crippen LogP contribution is 2.31. The summed E-state index contributed by atoms with van der Waals surface area (Å²) in [5.74, 6) is 0.514. The first kappa shape index (κ1) is 31.7. The molecule has 0 aliphatic carbocycles. The van der Waals surface area contributed by atoms with Crippen LogP contribution in [0, 0.1) is 0 Å². The zero-order valence-corrected chi connectivity index (χ0v) is 23.7. The molecule has 2 heterocycles. The van der Waals surface area contributed by atoms with Crippen LogP contribution >= 0.6 is 0 Å². The third-order valence-corrected chi connectivity index (χ3v) is 6.30. The fraction of sp³-hybridized carbons (Fsp3) is 0.586. The van der Waals surface area contributed by atoms with Crippen LogP contribution in [0.5, 0.6) is 0 Å². The van der Waals surface area contributed by atoms with Crippen molar-refractivity contribution in [3.8, 4) is 0 Å². The van der Waals surface area contributed by atoms with E-state index in [0.29, 0.717) is 91.4 Å². The normalized spacial score (nSPS) is 11.6. The quantitative estimate of drug-likeness (QED) is 0.158. The van der Waals surface area contributed by atoms with Gasteiger partial charge in [-0.1, -0.05) is 18.2 Å². The lowest BCUT2D eigenvalue weighted by Crippen LogP contribution is -2.26. The number of fused-ring (bicyclic) bond motifs is 3. The molecule has 2 aromatic heterocycles. The SMILES string of the molecule is CCOCc1cc2c(N)nc3ccccc3c2n1CCCCNC(=O)CCOCCOCCOCCOCCN. The summed E-state index contributed by atoms with van der Waals surface area (Å²) < 4.78 is 29.5. The van der Waals surface area contributed by atoms with E-state index in [1.165, 1.54) is 0 Å². The molecule has 0 saturated heterocycles. The summed E-state index contributed by atoms with van der Waals surface area (Å²) >= 11 is 0. The van der Waals surface area contributed by atoms with Crippen LogP contribution in [0.15, 0.2) is 30.3 Å². The summed E-state index contributed by atoms with van der Waals surface area (Å²) in [7, 11) is 0. The number of benzene rings is 1. The molecule has 3 aromatic rings. The Kier molecular flexibility index (Phi) is 14.7. The van der Waals surface area contributed by atoms with Gasteiger partial charge in [0, 0.05) is 49.1 Å². The molecule has 222 valence electrons. The van der Waals surface area contributed by atoms with E-state index in [9.17, 15) is 4.79 Å². The number of hydrogen-bond donors (Lipinski definition) is 3. The van der Waals surface area contributed by atoms with Gasteiger partial charge in [0.25, 0.3) is 0 Å². The Morgan fingerprint density at radius 1 is 0.900 bits per heavy atom. The second-order valence-electron chi connectivity index (χ2n) is 9.25. The first-order valence-electron chi connectivity index (χ1n) is 14.2. The highest BCUT2D eigenvalue weighted by atomic mass is 16.6. The van der Waals surface area contributed by atoms with E-state index >= 15 is 0 Å². The number of nitrogens with two attached hydrogens (primary N) is 2. The predicted octanol–water partition coefficient (Wildman–Crippen LogP) is 2.62. The maximum atomic E-state index is 12.2. The summed E-state index contributed by atoms with van der Waals surface area (Å²) in [5, 5.41) is 5.01. The molecule has 40 heavy (non-hydrogen) atoms. The highest BCUT2D eigenvalue weighted by Gasteiger charge is 2.15. The smallest absolute Gasteiger partial charge is 0.222 e. The van der Waals surface area contributed by atoms with Gasteiger partial charge in [-0.05, 0) is 31.9 Å². The fourth-order valence-electron chi connectivity index (χ4n) is 4.35. The third-order valence-electron chi connectivity index (χ3n) is 6.30. The van der Waals surface area contributed by atoms with Gasteiger partial charge in [-0.3, -0.25) is 4.79 Å². The molecule has 0 radical (unpaired) electrons. The van der Waals surface area contributed by atoms with Gasteiger partial charge in [-0.25, -0.2) is 4.98 Å². The topological polar surface area (TPSA) is 145 Å². The van der Waals surface area contributed by atoms with Gasteiger partial charge < -0.3 is 45.0 Å². The maximum absolute atomic E-state index is 12.2. The van der Waals surface area contributed by atoms with E-state index in [1.54, 1.807) is 0 Å². The molecule has 5 N–H and O–H groups in total. The lowest BCUT2D eigenvalue weighted by atomic mass is 10.1. The summed E-state index contributed by atoms with van der Waals surface area (Å²) in [4.78, 5) is 16.7. The van der Waals surface area contributed by atoms with Crippen LogP contribution in [-0.2, 0) is 41.6 Å². The van der Waals surface area contributed by atoms with Gasteiger partial charge in [-0.2, -0.15) is 0 Å². The average molecular weight is 560 g/mol. The third kappa shape index (κ3) is 10.3. The maximum Gasteiger partial charge on any atom is 0.222 e. The number of nitrogens with zero attached hydrogens (tertiary/aromatic N) is 2. The van der Waals surface area contributed by atoms with Gasteiger partial charge in [0.1, 0.15) is 5.82 Å². The molecule has 1 aromatic carbocycles. The zero-order chi connectivity index (χ0) is 28.4. The number of para-hydroxylation sites is 1. The van der Waals surface area contributed by atoms with Crippen molar-refractivity contribution >= 4 is 33.5 Å². The molecule has 0 aliphatic heterocycles. The molecule has 0 saturated carbocycles. The minimum absolute atomic E-state index is 0.0144. The number of carbonyl (C=O) groups is 1. The van der Waals surface area contributed by atoms with Crippen molar-refractivity contribution in [1.29, 1.82) is 0 Å². The summed E-state index contributed by atoms with van der Waals surface area (Å²) in [5.41, 5.74) is 14.7. The summed E-state index contributed by atoms with van der Waals surface area (Å²) in [6, 6.07) is 10.1. The Morgan fingerprint density at radius 2 is 1.57 bits per heavy atom. The van der Waals surface area contributed by atoms with Crippen LogP contribution in [-0.4, -0.2) is 88.0 Å². The van der Waals surface area contributed by atoms with Crippen LogP contribution in [0.4, 0.5) is 5.82 Å². The number of carbonyl (C=O) groups excluding carboxylic acids is 1. The first-order valence-corrected chi connectivity index (χ1v) is 14.2. The van der Waals surface area contributed by atoms with Crippen LogP contribution in [0.1, 0.15) is 31.9 Å². The van der Waals surface area contributed by atoms with Crippen LogP contribution < -0.4 is 16.8 Å². The standard InChI is InChI=1S/C29H45N5O6/c1-2-36-22-23-21-25-28(24-7-3-4-8-26(24)33-29(25)31)34(23)12-6-5-11-32-27(35)9-13-37-15-17-39-19-20-40-18-16-38-14-10-30/h3-4,7-8,21H,2,5-6,9-20,22,30H2,1H3,(H2,31,33)(H,32,35). The number of nitrogens with one attached hydrogen (secondary N) is 1. The number of pyridine rings is 1. The lowest BCUT2D eigenvalue weighted by Gasteiger charge is -2.13. The highest BCUT2D eigenvalue weighted by molar-refractivity contribution is 6.08. The Morgan fingerprint density at radius 3 is 2.27 bits per heavy atom. The monoisotopic (exact) mass is 559 g/mol. The van der Waals surface area contributed by atoms with E-state index in [1.807, 2.05) is 25.1 Å². The molecule has 3 rings (SSSR count). The second kappa shape index (κ2) is 18.5. The molecule has 0 fully saturated rings. The predicted molar refractivity (Wildman–Crippen MR) is 156 cm³/mol. The van der Waals surface area contributed by atoms with Gasteiger partial charge in [0.2, 0.25) is 5.91 Å². The molecule has 0 atom stereocenters. The summed E-state index contributed by atoms with van der Waals surface area (Å²) in [6.07, 6.45) is 2.08. The molecule has 0 spiro atoms. The number of anilines is 1. The van der Waals surface area contributed by atoms with E-state index in [0.717, 1.165) is 46.9 Å². The van der Waals surface area contributed by atoms with Crippen LogP contribution in [0.3, 0.4) is 0 Å². The van der Waals surface area contributed by atoms with E-state index in [-0.39, 0.29) is 5.91 Å². The van der Waals surface area contributed by atoms with Gasteiger partial charge in [-0.15, -0.1) is 0 Å². The number of aromatic nitrogens is 2. The van der Waals surface area contributed by atoms with E-state index in [4.69, 9.17) is 35.2 Å². The van der Waals surface area contributed by atoms with Crippen LogP contribution in [0.2, 0.25) is 0 Å². The Hall–Kier alpha value is -2.80. The number of hydrogen-bond acceptors (Lipinski definition) is 9. The Balaban J connectivity index is 1.31. The molecule has 0 aliphatic rings. The minimum Gasteiger partial charge on any atom is -0.383 e. The first-order chi connectivity index (χ1) is 19.7. The molecular formula is C29H45N5O6. The van der Waals surface area contributed by atoms with Crippen molar-refractivity contribution < 1.29 is 28.5 Å². The number of amides is 1. The molecule has 1 amide bonds. The molecule has 0 unspecified atom stereocenters. The lowest BCUT2D eigenvalue weighted by molar-refractivity contribution is -0.122. The van der Waals surface area contributed by atoms with Crippen LogP contribution in [0.25, 0.3) is 21.8 Å². The number of ether oxygens (including phenoxy) is 5. The molecule has 11 nitrogen and oxygen atoms in total.